The summed E-state index contributed by atoms with van der Waals surface area (Å²) in [7, 11) is 0. The summed E-state index contributed by atoms with van der Waals surface area (Å²) in [6, 6.07) is 8.21. The first-order chi connectivity index (χ1) is 14.7. The van der Waals surface area contributed by atoms with Crippen LogP contribution in [-0.4, -0.2) is 40.7 Å². The van der Waals surface area contributed by atoms with Crippen LogP contribution in [0.4, 0.5) is 22.0 Å². The number of hydrogen-bond acceptors (Lipinski definition) is 5. The maximum atomic E-state index is 14.7. The van der Waals surface area contributed by atoms with Gasteiger partial charge in [0.15, 0.2) is 5.65 Å². The van der Waals surface area contributed by atoms with Gasteiger partial charge in [0.1, 0.15) is 5.75 Å². The maximum Gasteiger partial charge on any atom is 0.573 e. The van der Waals surface area contributed by atoms with Crippen LogP contribution in [0, 0.1) is 5.92 Å². The number of alkyl halides is 5. The Morgan fingerprint density at radius 3 is 2.29 bits per heavy atom. The molecule has 0 unspecified atom stereocenters. The van der Waals surface area contributed by atoms with Crippen LogP contribution < -0.4 is 10.1 Å². The molecule has 3 aromatic rings. The highest BCUT2D eigenvalue weighted by molar-refractivity contribution is 5.65. The molecular formula is C20H19F5N4O2. The van der Waals surface area contributed by atoms with Crippen molar-refractivity contribution in [3.63, 3.8) is 0 Å². The molecule has 1 aliphatic rings. The molecule has 0 radical (unpaired) electrons. The largest absolute Gasteiger partial charge is 0.573 e. The lowest BCUT2D eigenvalue weighted by Crippen LogP contribution is -2.32. The molecule has 0 amide bonds. The van der Waals surface area contributed by atoms with Gasteiger partial charge in [-0.05, 0) is 67.2 Å². The molecule has 1 aromatic carbocycles. The van der Waals surface area contributed by atoms with E-state index in [9.17, 15) is 22.0 Å². The lowest BCUT2D eigenvalue weighted by Gasteiger charge is -2.24. The van der Waals surface area contributed by atoms with E-state index in [4.69, 9.17) is 4.74 Å². The Balaban J connectivity index is 1.55. The Bertz CT molecular complexity index is 1030. The topological polar surface area (TPSA) is 60.7 Å². The van der Waals surface area contributed by atoms with Gasteiger partial charge in [0.25, 0.3) is 0 Å². The van der Waals surface area contributed by atoms with E-state index in [-0.39, 0.29) is 23.9 Å². The minimum Gasteiger partial charge on any atom is -0.406 e. The summed E-state index contributed by atoms with van der Waals surface area (Å²) in [4.78, 5) is 0. The summed E-state index contributed by atoms with van der Waals surface area (Å²) in [5.41, 5.74) is 1.19. The number of nitrogens with one attached hydrogen (secondary N) is 1. The number of fused-ring (bicyclic) bond motifs is 1. The molecule has 1 saturated heterocycles. The molecule has 1 fully saturated rings. The highest BCUT2D eigenvalue weighted by Gasteiger charge is 2.39. The van der Waals surface area contributed by atoms with Gasteiger partial charge in [-0.2, -0.15) is 8.78 Å². The summed E-state index contributed by atoms with van der Waals surface area (Å²) < 4.78 is 76.3. The second-order valence-electron chi connectivity index (χ2n) is 7.26. The summed E-state index contributed by atoms with van der Waals surface area (Å²) in [6.07, 6.45) is -5.53. The molecule has 0 saturated carbocycles. The van der Waals surface area contributed by atoms with Gasteiger partial charge < -0.3 is 14.8 Å². The van der Waals surface area contributed by atoms with E-state index in [1.165, 1.54) is 24.4 Å². The molecule has 2 aromatic heterocycles. The third-order valence-corrected chi connectivity index (χ3v) is 5.04. The first-order valence-electron chi connectivity index (χ1n) is 9.65. The zero-order valence-corrected chi connectivity index (χ0v) is 16.2. The van der Waals surface area contributed by atoms with Crippen LogP contribution >= 0.6 is 0 Å². The van der Waals surface area contributed by atoms with Crippen molar-refractivity contribution >= 4 is 5.65 Å². The van der Waals surface area contributed by atoms with E-state index in [1.54, 1.807) is 6.07 Å². The van der Waals surface area contributed by atoms with E-state index in [1.807, 2.05) is 0 Å². The number of aromatic nitrogens is 3. The average Bonchev–Trinajstić information content (AvgIpc) is 3.17. The van der Waals surface area contributed by atoms with Gasteiger partial charge in [-0.3, -0.25) is 4.40 Å². The van der Waals surface area contributed by atoms with Crippen LogP contribution in [-0.2, 0) is 10.8 Å². The zero-order valence-electron chi connectivity index (χ0n) is 16.2. The fourth-order valence-corrected chi connectivity index (χ4v) is 3.44. The van der Waals surface area contributed by atoms with Crippen molar-refractivity contribution in [3.05, 3.63) is 48.4 Å². The molecular weight excluding hydrogens is 423 g/mol. The van der Waals surface area contributed by atoms with Crippen LogP contribution in [0.2, 0.25) is 0 Å². The first kappa shape index (κ1) is 21.4. The Morgan fingerprint density at radius 1 is 0.935 bits per heavy atom. The number of nitrogens with zero attached hydrogens (tertiary/aromatic N) is 3. The van der Waals surface area contributed by atoms with Gasteiger partial charge >= 0.3 is 12.5 Å². The highest BCUT2D eigenvalue weighted by atomic mass is 19.4. The number of hydrogen-bond donors (Lipinski definition) is 1. The van der Waals surface area contributed by atoms with Gasteiger partial charge in [0.05, 0.1) is 6.61 Å². The van der Waals surface area contributed by atoms with E-state index in [2.05, 4.69) is 20.3 Å². The van der Waals surface area contributed by atoms with E-state index in [0.29, 0.717) is 11.1 Å². The van der Waals surface area contributed by atoms with Gasteiger partial charge in [-0.25, -0.2) is 0 Å². The quantitative estimate of drug-likeness (QED) is 0.575. The van der Waals surface area contributed by atoms with E-state index in [0.717, 1.165) is 42.5 Å². The SMILES string of the molecule is FC(F)(F)Oc1ccc(-c2ccc3nnc(C(F)(F)OCC4CCNCC4)n3c2)cc1. The van der Waals surface area contributed by atoms with Crippen LogP contribution in [0.1, 0.15) is 18.7 Å². The first-order valence-corrected chi connectivity index (χ1v) is 9.65. The second-order valence-corrected chi connectivity index (χ2v) is 7.26. The van der Waals surface area contributed by atoms with Gasteiger partial charge in [0.2, 0.25) is 5.82 Å². The van der Waals surface area contributed by atoms with Gasteiger partial charge in [0, 0.05) is 6.20 Å². The molecule has 4 rings (SSSR count). The maximum absolute atomic E-state index is 14.7. The fraction of sp³-hybridized carbons (Fsp3) is 0.400. The molecule has 166 valence electrons. The summed E-state index contributed by atoms with van der Waals surface area (Å²) in [6.45, 7) is 1.44. The summed E-state index contributed by atoms with van der Waals surface area (Å²) in [5.74, 6) is -0.991. The van der Waals surface area contributed by atoms with Crippen molar-refractivity contribution in [1.82, 2.24) is 19.9 Å². The minimum absolute atomic E-state index is 0.0410. The lowest BCUT2D eigenvalue weighted by molar-refractivity contribution is -0.274. The Hall–Kier alpha value is -2.79. The van der Waals surface area contributed by atoms with Crippen molar-refractivity contribution in [2.75, 3.05) is 19.7 Å². The normalized spacial score (nSPS) is 16.0. The molecule has 0 bridgehead atoms. The van der Waals surface area contributed by atoms with Gasteiger partial charge in [-0.1, -0.05) is 12.1 Å². The van der Waals surface area contributed by atoms with Crippen LogP contribution in [0.15, 0.2) is 42.6 Å². The molecule has 0 aliphatic carbocycles. The molecule has 0 atom stereocenters. The molecule has 1 aliphatic heterocycles. The zero-order chi connectivity index (χ0) is 22.1. The van der Waals surface area contributed by atoms with Crippen molar-refractivity contribution in [2.45, 2.75) is 25.3 Å². The predicted molar refractivity (Wildman–Crippen MR) is 101 cm³/mol. The van der Waals surface area contributed by atoms with Crippen molar-refractivity contribution < 1.29 is 31.4 Å². The van der Waals surface area contributed by atoms with Gasteiger partial charge in [-0.15, -0.1) is 23.4 Å². The van der Waals surface area contributed by atoms with Crippen LogP contribution in [0.25, 0.3) is 16.8 Å². The molecule has 3 heterocycles. The monoisotopic (exact) mass is 442 g/mol. The van der Waals surface area contributed by atoms with Crippen molar-refractivity contribution in [1.29, 1.82) is 0 Å². The lowest BCUT2D eigenvalue weighted by atomic mass is 9.99. The van der Waals surface area contributed by atoms with Crippen molar-refractivity contribution in [3.8, 4) is 16.9 Å². The summed E-state index contributed by atoms with van der Waals surface area (Å²) in [5, 5.41) is 10.5. The molecule has 6 nitrogen and oxygen atoms in total. The van der Waals surface area contributed by atoms with E-state index >= 15 is 0 Å². The number of halogens is 5. The third kappa shape index (κ3) is 5.10. The fourth-order valence-electron chi connectivity index (χ4n) is 3.44. The van der Waals surface area contributed by atoms with Crippen molar-refractivity contribution in [2.24, 2.45) is 5.92 Å². The molecule has 1 N–H and O–H groups in total. The second kappa shape index (κ2) is 8.39. The van der Waals surface area contributed by atoms with Crippen LogP contribution in [0.5, 0.6) is 5.75 Å². The van der Waals surface area contributed by atoms with Crippen LogP contribution in [0.3, 0.4) is 0 Å². The number of piperidine rings is 1. The number of ether oxygens (including phenoxy) is 2. The minimum atomic E-state index is -4.79. The molecule has 0 spiro atoms. The number of benzene rings is 1. The number of rotatable bonds is 6. The smallest absolute Gasteiger partial charge is 0.406 e. The third-order valence-electron chi connectivity index (χ3n) is 5.04. The summed E-state index contributed by atoms with van der Waals surface area (Å²) >= 11 is 0. The Kier molecular flexibility index (Phi) is 5.80. The average molecular weight is 442 g/mol. The molecule has 31 heavy (non-hydrogen) atoms. The Labute approximate surface area is 174 Å². The standard InChI is InChI=1S/C20H19F5N4O2/c21-19(22,30-12-13-7-9-26-10-8-13)18-28-27-17-6-3-15(11-29(17)18)14-1-4-16(5-2-14)31-20(23,24)25/h1-6,11,13,26H,7-10,12H2. The molecule has 11 heteroatoms. The number of pyridine rings is 1. The van der Waals surface area contributed by atoms with E-state index < -0.39 is 18.3 Å². The highest BCUT2D eigenvalue weighted by Crippen LogP contribution is 2.32. The Morgan fingerprint density at radius 2 is 1.61 bits per heavy atom. The predicted octanol–water partition coefficient (Wildman–Crippen LogP) is 4.36.